The molecular weight excluding hydrogens is 304 g/mol. The molecule has 0 unspecified atom stereocenters. The van der Waals surface area contributed by atoms with E-state index in [4.69, 9.17) is 9.47 Å². The highest BCUT2D eigenvalue weighted by Crippen LogP contribution is 2.30. The van der Waals surface area contributed by atoms with Crippen molar-refractivity contribution in [3.63, 3.8) is 0 Å². The molecule has 3 rings (SSSR count). The number of hydrogen-bond donors (Lipinski definition) is 1. The van der Waals surface area contributed by atoms with Gasteiger partial charge in [-0.1, -0.05) is 43.3 Å². The van der Waals surface area contributed by atoms with E-state index in [1.54, 1.807) is 6.07 Å². The molecule has 1 aliphatic heterocycles. The van der Waals surface area contributed by atoms with Crippen LogP contribution < -0.4 is 14.9 Å². The molecule has 2 aromatic rings. The monoisotopic (exact) mass is 324 g/mol. The molecule has 24 heavy (non-hydrogen) atoms. The standard InChI is InChI=1S/C19H20N2O3/c1-3-14-8-10-15(11-9-14)13(2)20-21-19(22)18-12-23-16-6-4-5-7-17(16)24-18/h4-11,18H,3,12H2,1-2H3,(H,21,22)/b20-13-/t18-/m1/s1. The van der Waals surface area contributed by atoms with Gasteiger partial charge in [-0.25, -0.2) is 5.43 Å². The molecule has 0 saturated heterocycles. The molecule has 1 aliphatic rings. The number of para-hydroxylation sites is 2. The molecule has 1 heterocycles. The Bertz CT molecular complexity index is 753. The zero-order chi connectivity index (χ0) is 16.9. The Morgan fingerprint density at radius 2 is 1.88 bits per heavy atom. The van der Waals surface area contributed by atoms with Gasteiger partial charge >= 0.3 is 0 Å². The SMILES string of the molecule is CCc1ccc(/C(C)=N\NC(=O)[C@H]2COc3ccccc3O2)cc1. The topological polar surface area (TPSA) is 59.9 Å². The third kappa shape index (κ3) is 3.56. The summed E-state index contributed by atoms with van der Waals surface area (Å²) in [6.45, 7) is 4.14. The summed E-state index contributed by atoms with van der Waals surface area (Å²) in [5.41, 5.74) is 5.53. The summed E-state index contributed by atoms with van der Waals surface area (Å²) in [6.07, 6.45) is 0.284. The normalized spacial score (nSPS) is 16.6. The van der Waals surface area contributed by atoms with Crippen molar-refractivity contribution >= 4 is 11.6 Å². The maximum absolute atomic E-state index is 12.2. The number of carbonyl (C=O) groups is 1. The maximum atomic E-state index is 12.2. The minimum Gasteiger partial charge on any atom is -0.485 e. The van der Waals surface area contributed by atoms with Crippen molar-refractivity contribution in [2.45, 2.75) is 26.4 Å². The van der Waals surface area contributed by atoms with Crippen molar-refractivity contribution < 1.29 is 14.3 Å². The third-order valence-corrected chi connectivity index (χ3v) is 3.91. The van der Waals surface area contributed by atoms with Gasteiger partial charge in [0.05, 0.1) is 5.71 Å². The van der Waals surface area contributed by atoms with Gasteiger partial charge < -0.3 is 9.47 Å². The van der Waals surface area contributed by atoms with Gasteiger partial charge in [0.25, 0.3) is 5.91 Å². The molecule has 0 aliphatic carbocycles. The van der Waals surface area contributed by atoms with Gasteiger partial charge in [0, 0.05) is 0 Å². The Labute approximate surface area is 141 Å². The summed E-state index contributed by atoms with van der Waals surface area (Å²) in [5, 5.41) is 4.16. The number of nitrogens with one attached hydrogen (secondary N) is 1. The lowest BCUT2D eigenvalue weighted by atomic mass is 10.1. The van der Waals surface area contributed by atoms with E-state index in [0.717, 1.165) is 17.7 Å². The minimum absolute atomic E-state index is 0.169. The van der Waals surface area contributed by atoms with Gasteiger partial charge in [0.1, 0.15) is 6.61 Å². The van der Waals surface area contributed by atoms with Crippen molar-refractivity contribution in [3.8, 4) is 11.5 Å². The maximum Gasteiger partial charge on any atom is 0.284 e. The molecule has 0 radical (unpaired) electrons. The number of hydrogen-bond acceptors (Lipinski definition) is 4. The summed E-state index contributed by atoms with van der Waals surface area (Å²) >= 11 is 0. The first-order valence-electron chi connectivity index (χ1n) is 7.99. The van der Waals surface area contributed by atoms with Crippen molar-refractivity contribution in [2.24, 2.45) is 5.10 Å². The molecule has 5 heteroatoms. The minimum atomic E-state index is -0.709. The van der Waals surface area contributed by atoms with Gasteiger partial charge in [-0.3, -0.25) is 4.79 Å². The van der Waals surface area contributed by atoms with Crippen LogP contribution >= 0.6 is 0 Å². The van der Waals surface area contributed by atoms with E-state index < -0.39 is 6.10 Å². The fraction of sp³-hybridized carbons (Fsp3) is 0.263. The first-order valence-corrected chi connectivity index (χ1v) is 7.99. The lowest BCUT2D eigenvalue weighted by Gasteiger charge is -2.24. The number of ether oxygens (including phenoxy) is 2. The second-order valence-electron chi connectivity index (χ2n) is 5.59. The van der Waals surface area contributed by atoms with Crippen LogP contribution in [-0.4, -0.2) is 24.3 Å². The number of nitrogens with zero attached hydrogens (tertiary/aromatic N) is 1. The fourth-order valence-corrected chi connectivity index (χ4v) is 2.41. The molecule has 0 saturated carbocycles. The van der Waals surface area contributed by atoms with Crippen LogP contribution in [0.3, 0.4) is 0 Å². The number of fused-ring (bicyclic) bond motifs is 1. The van der Waals surface area contributed by atoms with Gasteiger partial charge in [0.2, 0.25) is 6.10 Å². The predicted octanol–water partition coefficient (Wildman–Crippen LogP) is 2.93. The van der Waals surface area contributed by atoms with Gasteiger partial charge in [-0.15, -0.1) is 0 Å². The fourth-order valence-electron chi connectivity index (χ4n) is 2.41. The van der Waals surface area contributed by atoms with E-state index in [2.05, 4.69) is 29.6 Å². The van der Waals surface area contributed by atoms with Crippen LogP contribution in [0.5, 0.6) is 11.5 Å². The van der Waals surface area contributed by atoms with E-state index in [9.17, 15) is 4.79 Å². The van der Waals surface area contributed by atoms with Crippen LogP contribution in [0.2, 0.25) is 0 Å². The summed E-state index contributed by atoms with van der Waals surface area (Å²) in [6, 6.07) is 15.4. The van der Waals surface area contributed by atoms with Crippen molar-refractivity contribution in [1.29, 1.82) is 0 Å². The van der Waals surface area contributed by atoms with E-state index in [1.165, 1.54) is 5.56 Å². The molecule has 2 aromatic carbocycles. The Morgan fingerprint density at radius 1 is 1.17 bits per heavy atom. The average Bonchev–Trinajstić information content (AvgIpc) is 2.65. The highest BCUT2D eigenvalue weighted by atomic mass is 16.6. The Morgan fingerprint density at radius 3 is 2.58 bits per heavy atom. The third-order valence-electron chi connectivity index (χ3n) is 3.91. The lowest BCUT2D eigenvalue weighted by Crippen LogP contribution is -2.42. The summed E-state index contributed by atoms with van der Waals surface area (Å²) < 4.78 is 11.2. The Balaban J connectivity index is 1.62. The molecule has 0 fully saturated rings. The number of hydrazone groups is 1. The van der Waals surface area contributed by atoms with Gasteiger partial charge in [-0.2, -0.15) is 5.10 Å². The average molecular weight is 324 g/mol. The van der Waals surface area contributed by atoms with E-state index >= 15 is 0 Å². The molecule has 0 aromatic heterocycles. The van der Waals surface area contributed by atoms with Crippen LogP contribution in [0, 0.1) is 0 Å². The molecule has 124 valence electrons. The number of rotatable bonds is 4. The highest BCUT2D eigenvalue weighted by Gasteiger charge is 2.27. The van der Waals surface area contributed by atoms with E-state index in [-0.39, 0.29) is 12.5 Å². The van der Waals surface area contributed by atoms with Gasteiger partial charge in [0.15, 0.2) is 11.5 Å². The summed E-state index contributed by atoms with van der Waals surface area (Å²) in [7, 11) is 0. The zero-order valence-corrected chi connectivity index (χ0v) is 13.8. The molecule has 0 spiro atoms. The van der Waals surface area contributed by atoms with Crippen molar-refractivity contribution in [3.05, 3.63) is 59.7 Å². The molecule has 1 amide bonds. The van der Waals surface area contributed by atoms with Crippen LogP contribution in [-0.2, 0) is 11.2 Å². The zero-order valence-electron chi connectivity index (χ0n) is 13.8. The molecule has 0 bridgehead atoms. The largest absolute Gasteiger partial charge is 0.485 e. The van der Waals surface area contributed by atoms with Crippen molar-refractivity contribution in [2.75, 3.05) is 6.61 Å². The summed E-state index contributed by atoms with van der Waals surface area (Å²) in [4.78, 5) is 12.2. The molecule has 1 atom stereocenters. The number of amides is 1. The van der Waals surface area contributed by atoms with Crippen LogP contribution in [0.25, 0.3) is 0 Å². The van der Waals surface area contributed by atoms with Crippen LogP contribution in [0.15, 0.2) is 53.6 Å². The number of carbonyl (C=O) groups excluding carboxylic acids is 1. The lowest BCUT2D eigenvalue weighted by molar-refractivity contribution is -0.130. The second-order valence-corrected chi connectivity index (χ2v) is 5.59. The Hall–Kier alpha value is -2.82. The quantitative estimate of drug-likeness (QED) is 0.695. The highest BCUT2D eigenvalue weighted by molar-refractivity contribution is 5.99. The Kier molecular flexibility index (Phi) is 4.79. The molecule has 1 N–H and O–H groups in total. The smallest absolute Gasteiger partial charge is 0.284 e. The van der Waals surface area contributed by atoms with E-state index in [0.29, 0.717) is 11.5 Å². The predicted molar refractivity (Wildman–Crippen MR) is 92.5 cm³/mol. The van der Waals surface area contributed by atoms with Gasteiger partial charge in [-0.05, 0) is 36.6 Å². The first-order chi connectivity index (χ1) is 11.7. The molecule has 5 nitrogen and oxygen atoms in total. The van der Waals surface area contributed by atoms with Crippen LogP contribution in [0.4, 0.5) is 0 Å². The number of benzene rings is 2. The van der Waals surface area contributed by atoms with Crippen molar-refractivity contribution in [1.82, 2.24) is 5.43 Å². The van der Waals surface area contributed by atoms with E-state index in [1.807, 2.05) is 37.3 Å². The number of aryl methyl sites for hydroxylation is 1. The van der Waals surface area contributed by atoms with Crippen LogP contribution in [0.1, 0.15) is 25.0 Å². The molecular formula is C19H20N2O3. The first kappa shape index (κ1) is 16.1. The second kappa shape index (κ2) is 7.17. The summed E-state index contributed by atoms with van der Waals surface area (Å²) in [5.74, 6) is 0.894.